The van der Waals surface area contributed by atoms with Crippen molar-refractivity contribution in [1.82, 2.24) is 5.48 Å². The normalized spacial score (nSPS) is 11.2. The number of ether oxygens (including phenoxy) is 2. The number of hydrogen-bond acceptors (Lipinski definition) is 7. The average molecular weight is 491 g/mol. The molecule has 3 aromatic carbocycles. The Morgan fingerprint density at radius 1 is 0.806 bits per heavy atom. The molecule has 186 valence electrons. The van der Waals surface area contributed by atoms with Gasteiger partial charge in [-0.1, -0.05) is 66.7 Å². The number of anilines is 1. The van der Waals surface area contributed by atoms with Gasteiger partial charge in [0.15, 0.2) is 5.92 Å². The fourth-order valence-electron chi connectivity index (χ4n) is 3.48. The smallest absolute Gasteiger partial charge is 0.338 e. The minimum atomic E-state index is -1.52. The predicted molar refractivity (Wildman–Crippen MR) is 131 cm³/mol. The van der Waals surface area contributed by atoms with Gasteiger partial charge in [0.25, 0.3) is 5.91 Å². The molecular formula is C27H26N2O7. The number of methoxy groups -OCH3 is 2. The van der Waals surface area contributed by atoms with Gasteiger partial charge in [0.1, 0.15) is 0 Å². The van der Waals surface area contributed by atoms with Crippen LogP contribution in [0.15, 0.2) is 78.9 Å². The molecule has 0 aliphatic heterocycles. The van der Waals surface area contributed by atoms with Gasteiger partial charge in [-0.15, -0.1) is 0 Å². The van der Waals surface area contributed by atoms with Crippen LogP contribution in [0.4, 0.5) is 5.69 Å². The first-order valence-electron chi connectivity index (χ1n) is 11.0. The van der Waals surface area contributed by atoms with Crippen molar-refractivity contribution in [1.29, 1.82) is 0 Å². The van der Waals surface area contributed by atoms with E-state index < -0.39 is 23.8 Å². The topological polar surface area (TPSA) is 120 Å². The lowest BCUT2D eigenvalue weighted by atomic mass is 9.93. The molecule has 3 rings (SSSR count). The molecule has 2 N–H and O–H groups in total. The van der Waals surface area contributed by atoms with Crippen LogP contribution < -0.4 is 10.8 Å². The molecule has 0 aromatic heterocycles. The molecule has 2 amide bonds. The predicted octanol–water partition coefficient (Wildman–Crippen LogP) is 3.16. The summed E-state index contributed by atoms with van der Waals surface area (Å²) in [6.45, 7) is 0.0662. The summed E-state index contributed by atoms with van der Waals surface area (Å²) in [5, 5.41) is 2.71. The van der Waals surface area contributed by atoms with Crippen molar-refractivity contribution >= 4 is 29.4 Å². The first-order chi connectivity index (χ1) is 17.4. The SMILES string of the molecule is COC(=O)c1cc(NC(=O)Cc2ccccc2)ccc1C(C(=O)NOCc1ccccc1)C(=O)OC. The van der Waals surface area contributed by atoms with Crippen LogP contribution in [0.1, 0.15) is 33.0 Å². The zero-order valence-corrected chi connectivity index (χ0v) is 19.9. The summed E-state index contributed by atoms with van der Waals surface area (Å²) >= 11 is 0. The van der Waals surface area contributed by atoms with Gasteiger partial charge >= 0.3 is 11.9 Å². The highest BCUT2D eigenvalue weighted by molar-refractivity contribution is 6.06. The van der Waals surface area contributed by atoms with E-state index in [1.807, 2.05) is 60.7 Å². The molecule has 36 heavy (non-hydrogen) atoms. The Bertz CT molecular complexity index is 1210. The van der Waals surface area contributed by atoms with E-state index in [1.165, 1.54) is 25.3 Å². The Morgan fingerprint density at radius 3 is 2.06 bits per heavy atom. The van der Waals surface area contributed by atoms with E-state index in [9.17, 15) is 19.2 Å². The Labute approximate surface area is 208 Å². The van der Waals surface area contributed by atoms with Crippen molar-refractivity contribution < 1.29 is 33.5 Å². The third kappa shape index (κ3) is 7.00. The van der Waals surface area contributed by atoms with Gasteiger partial charge < -0.3 is 14.8 Å². The summed E-state index contributed by atoms with van der Waals surface area (Å²) in [5.41, 5.74) is 4.12. The highest BCUT2D eigenvalue weighted by Gasteiger charge is 2.34. The molecule has 0 heterocycles. The highest BCUT2D eigenvalue weighted by atomic mass is 16.7. The fourth-order valence-corrected chi connectivity index (χ4v) is 3.48. The van der Waals surface area contributed by atoms with E-state index >= 15 is 0 Å². The Balaban J connectivity index is 1.81. The number of hydroxylamine groups is 1. The maximum atomic E-state index is 12.9. The number of amides is 2. The molecule has 0 spiro atoms. The molecule has 0 bridgehead atoms. The minimum absolute atomic E-state index is 0.0376. The van der Waals surface area contributed by atoms with E-state index in [1.54, 1.807) is 0 Å². The summed E-state index contributed by atoms with van der Waals surface area (Å²) < 4.78 is 9.65. The van der Waals surface area contributed by atoms with Gasteiger partial charge in [0.2, 0.25) is 5.91 Å². The lowest BCUT2D eigenvalue weighted by molar-refractivity contribution is -0.150. The van der Waals surface area contributed by atoms with Gasteiger partial charge in [0, 0.05) is 5.69 Å². The van der Waals surface area contributed by atoms with Crippen LogP contribution in [0.2, 0.25) is 0 Å². The number of rotatable bonds is 10. The third-order valence-corrected chi connectivity index (χ3v) is 5.21. The number of nitrogens with one attached hydrogen (secondary N) is 2. The molecule has 0 aliphatic rings. The van der Waals surface area contributed by atoms with Crippen LogP contribution in [0.5, 0.6) is 0 Å². The molecule has 9 heteroatoms. The van der Waals surface area contributed by atoms with Crippen molar-refractivity contribution in [2.45, 2.75) is 18.9 Å². The lowest BCUT2D eigenvalue weighted by Gasteiger charge is -2.18. The molecular weight excluding hydrogens is 464 g/mol. The molecule has 0 saturated carbocycles. The number of hydrogen-bond donors (Lipinski definition) is 2. The number of esters is 2. The molecule has 1 unspecified atom stereocenters. The summed E-state index contributed by atoms with van der Waals surface area (Å²) in [6, 6.07) is 22.5. The fraction of sp³-hybridized carbons (Fsp3) is 0.185. The monoisotopic (exact) mass is 490 g/mol. The Kier molecular flexibility index (Phi) is 9.30. The van der Waals surface area contributed by atoms with Gasteiger partial charge in [0.05, 0.1) is 32.8 Å². The second kappa shape index (κ2) is 12.8. The van der Waals surface area contributed by atoms with Crippen molar-refractivity contribution in [3.05, 3.63) is 101 Å². The lowest BCUT2D eigenvalue weighted by Crippen LogP contribution is -2.35. The molecule has 0 fully saturated rings. The van der Waals surface area contributed by atoms with Crippen molar-refractivity contribution in [3.63, 3.8) is 0 Å². The third-order valence-electron chi connectivity index (χ3n) is 5.21. The maximum absolute atomic E-state index is 12.9. The van der Waals surface area contributed by atoms with Gasteiger partial charge in [-0.25, -0.2) is 10.3 Å². The summed E-state index contributed by atoms with van der Waals surface area (Å²) in [7, 11) is 2.30. The number of carbonyl (C=O) groups is 4. The van der Waals surface area contributed by atoms with Gasteiger partial charge in [-0.3, -0.25) is 19.2 Å². The van der Waals surface area contributed by atoms with E-state index in [0.717, 1.165) is 18.2 Å². The van der Waals surface area contributed by atoms with E-state index in [-0.39, 0.29) is 30.1 Å². The number of carbonyl (C=O) groups excluding carboxylic acids is 4. The molecule has 9 nitrogen and oxygen atoms in total. The minimum Gasteiger partial charge on any atom is -0.468 e. The largest absolute Gasteiger partial charge is 0.468 e. The summed E-state index contributed by atoms with van der Waals surface area (Å²) in [4.78, 5) is 55.7. The van der Waals surface area contributed by atoms with Crippen LogP contribution >= 0.6 is 0 Å². The zero-order chi connectivity index (χ0) is 25.9. The molecule has 0 aliphatic carbocycles. The van der Waals surface area contributed by atoms with Crippen molar-refractivity contribution in [3.8, 4) is 0 Å². The van der Waals surface area contributed by atoms with Crippen LogP contribution in [0, 0.1) is 0 Å². The maximum Gasteiger partial charge on any atom is 0.338 e. The molecule has 0 radical (unpaired) electrons. The van der Waals surface area contributed by atoms with E-state index in [4.69, 9.17) is 14.3 Å². The van der Waals surface area contributed by atoms with E-state index in [2.05, 4.69) is 10.8 Å². The van der Waals surface area contributed by atoms with Crippen LogP contribution in [-0.4, -0.2) is 38.0 Å². The van der Waals surface area contributed by atoms with Gasteiger partial charge in [-0.05, 0) is 28.8 Å². The van der Waals surface area contributed by atoms with Crippen LogP contribution in [0.3, 0.4) is 0 Å². The standard InChI is InChI=1S/C27H26N2O7/c1-34-26(32)22-16-20(28-23(30)15-18-9-5-3-6-10-18)13-14-21(22)24(27(33)35-2)25(31)29-36-17-19-11-7-4-8-12-19/h3-14,16,24H,15,17H2,1-2H3,(H,28,30)(H,29,31). The second-order valence-corrected chi connectivity index (χ2v) is 7.70. The first kappa shape index (κ1) is 26.1. The quantitative estimate of drug-likeness (QED) is 0.254. The van der Waals surface area contributed by atoms with Crippen molar-refractivity contribution in [2.24, 2.45) is 0 Å². The highest BCUT2D eigenvalue weighted by Crippen LogP contribution is 2.26. The molecule has 1 atom stereocenters. The van der Waals surface area contributed by atoms with E-state index in [0.29, 0.717) is 5.69 Å². The summed E-state index contributed by atoms with van der Waals surface area (Å²) in [5.74, 6) is -4.35. The molecule has 3 aromatic rings. The van der Waals surface area contributed by atoms with Crippen LogP contribution in [0.25, 0.3) is 0 Å². The summed E-state index contributed by atoms with van der Waals surface area (Å²) in [6.07, 6.45) is 0.127. The Hall–Kier alpha value is -4.50. The van der Waals surface area contributed by atoms with Crippen LogP contribution in [-0.2, 0) is 41.7 Å². The zero-order valence-electron chi connectivity index (χ0n) is 19.9. The Morgan fingerprint density at radius 2 is 1.44 bits per heavy atom. The first-order valence-corrected chi connectivity index (χ1v) is 11.0. The number of benzene rings is 3. The molecule has 0 saturated heterocycles. The van der Waals surface area contributed by atoms with Crippen molar-refractivity contribution in [2.75, 3.05) is 19.5 Å². The average Bonchev–Trinajstić information content (AvgIpc) is 2.90. The van der Waals surface area contributed by atoms with Gasteiger partial charge in [-0.2, -0.15) is 0 Å². The second-order valence-electron chi connectivity index (χ2n) is 7.70.